The average molecular weight is 481 g/mol. The highest BCUT2D eigenvalue weighted by Crippen LogP contribution is 2.31. The van der Waals surface area contributed by atoms with Crippen molar-refractivity contribution in [3.8, 4) is 0 Å². The van der Waals surface area contributed by atoms with E-state index in [1.165, 1.54) is 17.0 Å². The molecule has 0 aliphatic carbocycles. The zero-order valence-corrected chi connectivity index (χ0v) is 18.4. The maximum absolute atomic E-state index is 13.1. The first-order valence-electron chi connectivity index (χ1n) is 10.2. The number of anilines is 2. The fourth-order valence-corrected chi connectivity index (χ4v) is 3.99. The normalized spacial score (nSPS) is 14.9. The largest absolute Gasteiger partial charge is 0.416 e. The number of para-hydroxylation sites is 1. The van der Waals surface area contributed by atoms with Crippen molar-refractivity contribution in [3.05, 3.63) is 102 Å². The Balaban J connectivity index is 1.49. The molecule has 172 valence electrons. The fourth-order valence-electron chi connectivity index (χ4n) is 3.17. The van der Waals surface area contributed by atoms with Gasteiger partial charge in [0.05, 0.1) is 17.0 Å². The predicted octanol–water partition coefficient (Wildman–Crippen LogP) is 5.82. The second-order valence-electron chi connectivity index (χ2n) is 7.22. The zero-order valence-electron chi connectivity index (χ0n) is 17.6. The summed E-state index contributed by atoms with van der Waals surface area (Å²) in [5, 5.41) is 2.90. The highest BCUT2D eigenvalue weighted by molar-refractivity contribution is 8.14. The molecule has 3 aromatic rings. The number of benzene rings is 3. The number of aliphatic imine (C=N–C) groups is 1. The average Bonchev–Trinajstić information content (AvgIpc) is 3.13. The molecule has 0 unspecified atom stereocenters. The summed E-state index contributed by atoms with van der Waals surface area (Å²) in [5.41, 5.74) is 1.11. The first-order valence-corrected chi connectivity index (χ1v) is 11.1. The van der Waals surface area contributed by atoms with Crippen LogP contribution in [0.2, 0.25) is 0 Å². The fraction of sp³-hybridized carbons (Fsp3) is 0.0800. The minimum atomic E-state index is -4.45. The molecule has 34 heavy (non-hydrogen) atoms. The van der Waals surface area contributed by atoms with Gasteiger partial charge >= 0.3 is 6.18 Å². The zero-order chi connectivity index (χ0) is 24.1. The second kappa shape index (κ2) is 9.96. The third kappa shape index (κ3) is 5.55. The molecular formula is C25H18F3N3O2S. The summed E-state index contributed by atoms with van der Waals surface area (Å²) >= 11 is 1.06. The lowest BCUT2D eigenvalue weighted by Gasteiger charge is -2.17. The van der Waals surface area contributed by atoms with E-state index in [2.05, 4.69) is 10.3 Å². The van der Waals surface area contributed by atoms with Crippen LogP contribution in [0.4, 0.5) is 24.5 Å². The molecule has 3 aromatic carbocycles. The molecule has 0 saturated heterocycles. The van der Waals surface area contributed by atoms with Crippen molar-refractivity contribution in [1.82, 2.24) is 0 Å². The molecule has 0 fully saturated rings. The van der Waals surface area contributed by atoms with Crippen molar-refractivity contribution in [1.29, 1.82) is 0 Å². The minimum Gasteiger partial charge on any atom is -0.325 e. The standard InChI is InChI=1S/C25H18F3N3O2S/c26-25(27,28)18-11-13-19(14-12-18)29-22(32)16-34-24-30-21(15-17-7-3-1-4-8-17)23(33)31(24)20-9-5-2-6-10-20/h1-15H,16H2,(H,29,32)/b21-15-. The van der Waals surface area contributed by atoms with Crippen LogP contribution in [-0.4, -0.2) is 22.7 Å². The van der Waals surface area contributed by atoms with Crippen molar-refractivity contribution < 1.29 is 22.8 Å². The SMILES string of the molecule is O=C(CSC1=N/C(=C\c2ccccc2)C(=O)N1c1ccccc1)Nc1ccc(C(F)(F)F)cc1. The molecule has 0 aromatic heterocycles. The monoisotopic (exact) mass is 481 g/mol. The molecule has 1 heterocycles. The van der Waals surface area contributed by atoms with E-state index in [-0.39, 0.29) is 23.0 Å². The highest BCUT2D eigenvalue weighted by Gasteiger charge is 2.32. The number of amides is 2. The first kappa shape index (κ1) is 23.3. The summed E-state index contributed by atoms with van der Waals surface area (Å²) in [4.78, 5) is 31.4. The van der Waals surface area contributed by atoms with E-state index in [4.69, 9.17) is 0 Å². The van der Waals surface area contributed by atoms with Crippen LogP contribution in [0.25, 0.3) is 6.08 Å². The van der Waals surface area contributed by atoms with Gasteiger partial charge in [-0.25, -0.2) is 4.99 Å². The van der Waals surface area contributed by atoms with E-state index in [0.717, 1.165) is 29.5 Å². The van der Waals surface area contributed by atoms with Gasteiger partial charge in [-0.1, -0.05) is 60.3 Å². The van der Waals surface area contributed by atoms with E-state index >= 15 is 0 Å². The minimum absolute atomic E-state index is 0.0882. The van der Waals surface area contributed by atoms with Crippen LogP contribution >= 0.6 is 11.8 Å². The van der Waals surface area contributed by atoms with Gasteiger partial charge < -0.3 is 5.32 Å². The number of halogens is 3. The van der Waals surface area contributed by atoms with Crippen molar-refractivity contribution in [2.45, 2.75) is 6.18 Å². The van der Waals surface area contributed by atoms with E-state index in [1.807, 2.05) is 36.4 Å². The predicted molar refractivity (Wildman–Crippen MR) is 128 cm³/mol. The van der Waals surface area contributed by atoms with Crippen LogP contribution in [-0.2, 0) is 15.8 Å². The smallest absolute Gasteiger partial charge is 0.325 e. The molecule has 1 aliphatic heterocycles. The van der Waals surface area contributed by atoms with E-state index in [9.17, 15) is 22.8 Å². The van der Waals surface area contributed by atoms with Crippen molar-refractivity contribution in [3.63, 3.8) is 0 Å². The Morgan fingerprint density at radius 3 is 2.18 bits per heavy atom. The molecule has 0 spiro atoms. The molecule has 4 rings (SSSR count). The molecule has 2 amide bonds. The van der Waals surface area contributed by atoms with E-state index < -0.39 is 17.6 Å². The number of thioether (sulfide) groups is 1. The molecule has 1 N–H and O–H groups in total. The van der Waals surface area contributed by atoms with Gasteiger partial charge in [-0.15, -0.1) is 0 Å². The van der Waals surface area contributed by atoms with Crippen molar-refractivity contribution in [2.75, 3.05) is 16.0 Å². The van der Waals surface area contributed by atoms with Gasteiger partial charge in [-0.3, -0.25) is 14.5 Å². The topological polar surface area (TPSA) is 61.8 Å². The van der Waals surface area contributed by atoms with Crippen LogP contribution in [0.1, 0.15) is 11.1 Å². The van der Waals surface area contributed by atoms with Gasteiger partial charge in [0.15, 0.2) is 5.17 Å². The quantitative estimate of drug-likeness (QED) is 0.467. The number of alkyl halides is 3. The Morgan fingerprint density at radius 1 is 0.941 bits per heavy atom. The van der Waals surface area contributed by atoms with Crippen molar-refractivity contribution >= 4 is 46.2 Å². The van der Waals surface area contributed by atoms with E-state index in [1.54, 1.807) is 30.3 Å². The third-order valence-corrected chi connectivity index (χ3v) is 5.71. The first-order chi connectivity index (χ1) is 16.3. The molecule has 0 saturated carbocycles. The summed E-state index contributed by atoms with van der Waals surface area (Å²) in [5.74, 6) is -0.844. The lowest BCUT2D eigenvalue weighted by atomic mass is 10.2. The van der Waals surface area contributed by atoms with Gasteiger partial charge in [0, 0.05) is 5.69 Å². The van der Waals surface area contributed by atoms with Crippen molar-refractivity contribution in [2.24, 2.45) is 4.99 Å². The van der Waals surface area contributed by atoms with Gasteiger partial charge in [-0.2, -0.15) is 13.2 Å². The van der Waals surface area contributed by atoms with Crippen LogP contribution in [0.15, 0.2) is 95.6 Å². The number of rotatable bonds is 5. The summed E-state index contributed by atoms with van der Waals surface area (Å²) in [6.45, 7) is 0. The van der Waals surface area contributed by atoms with E-state index in [0.29, 0.717) is 10.9 Å². The van der Waals surface area contributed by atoms with Gasteiger partial charge in [0.2, 0.25) is 5.91 Å². The Labute approximate surface area is 198 Å². The van der Waals surface area contributed by atoms with Gasteiger partial charge in [-0.05, 0) is 48.0 Å². The third-order valence-electron chi connectivity index (χ3n) is 4.78. The lowest BCUT2D eigenvalue weighted by molar-refractivity contribution is -0.137. The Bertz CT molecular complexity index is 1240. The summed E-state index contributed by atoms with van der Waals surface area (Å²) in [6, 6.07) is 22.4. The van der Waals surface area contributed by atoms with Gasteiger partial charge in [0.25, 0.3) is 5.91 Å². The van der Waals surface area contributed by atoms with Crippen LogP contribution in [0, 0.1) is 0 Å². The molecule has 0 radical (unpaired) electrons. The number of hydrogen-bond donors (Lipinski definition) is 1. The summed E-state index contributed by atoms with van der Waals surface area (Å²) in [6.07, 6.45) is -2.77. The molecular weight excluding hydrogens is 463 g/mol. The number of nitrogens with one attached hydrogen (secondary N) is 1. The Kier molecular flexibility index (Phi) is 6.83. The number of amidine groups is 1. The number of carbonyl (C=O) groups excluding carboxylic acids is 2. The number of carbonyl (C=O) groups is 2. The summed E-state index contributed by atoms with van der Waals surface area (Å²) in [7, 11) is 0. The maximum Gasteiger partial charge on any atom is 0.416 e. The Hall–Kier alpha value is -3.85. The van der Waals surface area contributed by atoms with Crippen LogP contribution in [0.5, 0.6) is 0 Å². The second-order valence-corrected chi connectivity index (χ2v) is 8.17. The molecule has 0 bridgehead atoms. The molecule has 0 atom stereocenters. The molecule has 9 heteroatoms. The lowest BCUT2D eigenvalue weighted by Crippen LogP contribution is -2.31. The molecule has 5 nitrogen and oxygen atoms in total. The maximum atomic E-state index is 13.1. The number of hydrogen-bond acceptors (Lipinski definition) is 4. The number of nitrogens with zero attached hydrogens (tertiary/aromatic N) is 2. The van der Waals surface area contributed by atoms with Gasteiger partial charge in [0.1, 0.15) is 5.70 Å². The van der Waals surface area contributed by atoms with Crippen LogP contribution < -0.4 is 10.2 Å². The molecule has 1 aliphatic rings. The van der Waals surface area contributed by atoms with Crippen LogP contribution in [0.3, 0.4) is 0 Å². The summed E-state index contributed by atoms with van der Waals surface area (Å²) < 4.78 is 38.1. The highest BCUT2D eigenvalue weighted by atomic mass is 32.2. The Morgan fingerprint density at radius 2 is 1.56 bits per heavy atom.